The van der Waals surface area contributed by atoms with Crippen LogP contribution in [0.3, 0.4) is 0 Å². The molecule has 0 radical (unpaired) electrons. The molecule has 0 aromatic heterocycles. The van der Waals surface area contributed by atoms with Gasteiger partial charge in [0, 0.05) is 22.6 Å². The lowest BCUT2D eigenvalue weighted by molar-refractivity contribution is 0.102. The molecule has 0 aliphatic rings. The summed E-state index contributed by atoms with van der Waals surface area (Å²) in [7, 11) is 0. The van der Waals surface area contributed by atoms with E-state index in [0.717, 1.165) is 16.8 Å². The predicted octanol–water partition coefficient (Wildman–Crippen LogP) is 5.20. The van der Waals surface area contributed by atoms with Crippen molar-refractivity contribution >= 4 is 29.0 Å². The fourth-order valence-corrected chi connectivity index (χ4v) is 2.58. The Morgan fingerprint density at radius 2 is 1.33 bits per heavy atom. The number of amides is 3. The van der Waals surface area contributed by atoms with Crippen molar-refractivity contribution in [1.82, 2.24) is 0 Å². The number of hydrogen-bond donors (Lipinski definition) is 3. The zero-order valence-electron chi connectivity index (χ0n) is 15.2. The Kier molecular flexibility index (Phi) is 5.52. The lowest BCUT2D eigenvalue weighted by atomic mass is 10.1. The van der Waals surface area contributed by atoms with Gasteiger partial charge in [-0.3, -0.25) is 4.79 Å². The van der Waals surface area contributed by atoms with E-state index in [0.29, 0.717) is 16.9 Å². The molecule has 0 saturated carbocycles. The van der Waals surface area contributed by atoms with Crippen LogP contribution in [0.2, 0.25) is 0 Å². The van der Waals surface area contributed by atoms with Crippen LogP contribution in [0.5, 0.6) is 0 Å². The van der Waals surface area contributed by atoms with Crippen LogP contribution >= 0.6 is 0 Å². The molecule has 0 heterocycles. The van der Waals surface area contributed by atoms with Gasteiger partial charge < -0.3 is 16.0 Å². The first-order valence-corrected chi connectivity index (χ1v) is 8.63. The van der Waals surface area contributed by atoms with Gasteiger partial charge in [-0.1, -0.05) is 30.3 Å². The van der Waals surface area contributed by atoms with Gasteiger partial charge in [0.1, 0.15) is 0 Å². The van der Waals surface area contributed by atoms with Gasteiger partial charge in [-0.2, -0.15) is 0 Å². The fourth-order valence-electron chi connectivity index (χ4n) is 2.58. The van der Waals surface area contributed by atoms with E-state index in [1.807, 2.05) is 50.2 Å². The molecule has 0 atom stereocenters. The highest BCUT2D eigenvalue weighted by Crippen LogP contribution is 2.18. The maximum atomic E-state index is 12.4. The number of carbonyl (C=O) groups is 2. The zero-order chi connectivity index (χ0) is 19.2. The van der Waals surface area contributed by atoms with Crippen LogP contribution in [0.25, 0.3) is 0 Å². The van der Waals surface area contributed by atoms with Crippen LogP contribution in [0.1, 0.15) is 21.5 Å². The van der Waals surface area contributed by atoms with E-state index < -0.39 is 0 Å². The monoisotopic (exact) mass is 359 g/mol. The highest BCUT2D eigenvalue weighted by molar-refractivity contribution is 6.05. The minimum Gasteiger partial charge on any atom is -0.322 e. The zero-order valence-corrected chi connectivity index (χ0v) is 15.2. The van der Waals surface area contributed by atoms with Crippen LogP contribution in [0, 0.1) is 13.8 Å². The Morgan fingerprint density at radius 1 is 0.704 bits per heavy atom. The largest absolute Gasteiger partial charge is 0.323 e. The van der Waals surface area contributed by atoms with Crippen molar-refractivity contribution in [3.63, 3.8) is 0 Å². The molecule has 0 unspecified atom stereocenters. The van der Waals surface area contributed by atoms with Crippen molar-refractivity contribution in [2.24, 2.45) is 0 Å². The second-order valence-electron chi connectivity index (χ2n) is 6.29. The standard InChI is InChI=1S/C22H21N3O2/c1-15-8-9-16(2)20(14-15)25-21(26)17-10-12-19(13-11-17)24-22(27)23-18-6-4-3-5-7-18/h3-14H,1-2H3,(H,25,26)(H2,23,24,27). The van der Waals surface area contributed by atoms with Gasteiger partial charge in [0.15, 0.2) is 0 Å². The van der Waals surface area contributed by atoms with Crippen LogP contribution in [-0.2, 0) is 0 Å². The van der Waals surface area contributed by atoms with Crippen molar-refractivity contribution in [2.45, 2.75) is 13.8 Å². The summed E-state index contributed by atoms with van der Waals surface area (Å²) in [5.41, 5.74) is 4.71. The van der Waals surface area contributed by atoms with Gasteiger partial charge in [0.2, 0.25) is 0 Å². The smallest absolute Gasteiger partial charge is 0.322 e. The molecule has 0 aliphatic heterocycles. The van der Waals surface area contributed by atoms with E-state index in [9.17, 15) is 9.59 Å². The summed E-state index contributed by atoms with van der Waals surface area (Å²) in [4.78, 5) is 24.5. The molecule has 0 fully saturated rings. The summed E-state index contributed by atoms with van der Waals surface area (Å²) >= 11 is 0. The molecule has 5 heteroatoms. The molecular formula is C22H21N3O2. The van der Waals surface area contributed by atoms with Crippen molar-refractivity contribution < 1.29 is 9.59 Å². The van der Waals surface area contributed by atoms with Crippen LogP contribution in [0.15, 0.2) is 72.8 Å². The van der Waals surface area contributed by atoms with Crippen LogP contribution < -0.4 is 16.0 Å². The number of nitrogens with one attached hydrogen (secondary N) is 3. The average Bonchev–Trinajstić information content (AvgIpc) is 2.66. The van der Waals surface area contributed by atoms with Crippen molar-refractivity contribution in [2.75, 3.05) is 16.0 Å². The summed E-state index contributed by atoms with van der Waals surface area (Å²) in [6.07, 6.45) is 0. The summed E-state index contributed by atoms with van der Waals surface area (Å²) < 4.78 is 0. The van der Waals surface area contributed by atoms with Crippen molar-refractivity contribution in [3.8, 4) is 0 Å². The number of hydrogen-bond acceptors (Lipinski definition) is 2. The first kappa shape index (κ1) is 18.2. The molecule has 3 aromatic rings. The minimum atomic E-state index is -0.339. The Bertz CT molecular complexity index is 951. The third kappa shape index (κ3) is 4.95. The molecular weight excluding hydrogens is 338 g/mol. The second-order valence-corrected chi connectivity index (χ2v) is 6.29. The van der Waals surface area contributed by atoms with Crippen LogP contribution in [-0.4, -0.2) is 11.9 Å². The topological polar surface area (TPSA) is 70.2 Å². The van der Waals surface area contributed by atoms with Gasteiger partial charge in [-0.25, -0.2) is 4.79 Å². The highest BCUT2D eigenvalue weighted by Gasteiger charge is 2.09. The quantitative estimate of drug-likeness (QED) is 0.599. The van der Waals surface area contributed by atoms with E-state index in [-0.39, 0.29) is 11.9 Å². The van der Waals surface area contributed by atoms with E-state index >= 15 is 0 Å². The molecule has 5 nitrogen and oxygen atoms in total. The molecule has 0 bridgehead atoms. The van der Waals surface area contributed by atoms with Gasteiger partial charge in [0.05, 0.1) is 0 Å². The molecule has 3 aromatic carbocycles. The first-order valence-electron chi connectivity index (χ1n) is 8.63. The number of carbonyl (C=O) groups excluding carboxylic acids is 2. The Hall–Kier alpha value is -3.60. The minimum absolute atomic E-state index is 0.191. The number of para-hydroxylation sites is 1. The normalized spacial score (nSPS) is 10.1. The Morgan fingerprint density at radius 3 is 2.00 bits per heavy atom. The van der Waals surface area contributed by atoms with E-state index in [2.05, 4.69) is 16.0 Å². The lowest BCUT2D eigenvalue weighted by Crippen LogP contribution is -2.19. The number of urea groups is 1. The third-order valence-electron chi connectivity index (χ3n) is 4.08. The SMILES string of the molecule is Cc1ccc(C)c(NC(=O)c2ccc(NC(=O)Nc3ccccc3)cc2)c1. The summed E-state index contributed by atoms with van der Waals surface area (Å²) in [6.45, 7) is 3.93. The number of anilines is 3. The molecule has 3 amide bonds. The summed E-state index contributed by atoms with van der Waals surface area (Å²) in [5, 5.41) is 8.41. The predicted molar refractivity (Wildman–Crippen MR) is 109 cm³/mol. The van der Waals surface area contributed by atoms with E-state index in [4.69, 9.17) is 0 Å². The maximum Gasteiger partial charge on any atom is 0.323 e. The van der Waals surface area contributed by atoms with Gasteiger partial charge >= 0.3 is 6.03 Å². The van der Waals surface area contributed by atoms with Gasteiger partial charge in [-0.15, -0.1) is 0 Å². The second kappa shape index (κ2) is 8.19. The number of benzene rings is 3. The molecule has 3 rings (SSSR count). The summed E-state index contributed by atoms with van der Waals surface area (Å²) in [6, 6.07) is 21.5. The highest BCUT2D eigenvalue weighted by atomic mass is 16.2. The molecule has 0 aliphatic carbocycles. The number of rotatable bonds is 4. The van der Waals surface area contributed by atoms with E-state index in [1.54, 1.807) is 36.4 Å². The Balaban J connectivity index is 1.62. The molecule has 0 saturated heterocycles. The van der Waals surface area contributed by atoms with Gasteiger partial charge in [-0.05, 0) is 67.4 Å². The van der Waals surface area contributed by atoms with Crippen LogP contribution in [0.4, 0.5) is 21.9 Å². The molecule has 136 valence electrons. The molecule has 0 spiro atoms. The van der Waals surface area contributed by atoms with Crippen molar-refractivity contribution in [3.05, 3.63) is 89.5 Å². The fraction of sp³-hybridized carbons (Fsp3) is 0.0909. The first-order chi connectivity index (χ1) is 13.0. The van der Waals surface area contributed by atoms with Crippen molar-refractivity contribution in [1.29, 1.82) is 0 Å². The number of aryl methyl sites for hydroxylation is 2. The molecule has 27 heavy (non-hydrogen) atoms. The average molecular weight is 359 g/mol. The Labute approximate surface area is 158 Å². The molecule has 3 N–H and O–H groups in total. The van der Waals surface area contributed by atoms with E-state index in [1.165, 1.54) is 0 Å². The summed E-state index contributed by atoms with van der Waals surface area (Å²) in [5.74, 6) is -0.191. The lowest BCUT2D eigenvalue weighted by Gasteiger charge is -2.10. The van der Waals surface area contributed by atoms with Gasteiger partial charge in [0.25, 0.3) is 5.91 Å². The third-order valence-corrected chi connectivity index (χ3v) is 4.08. The maximum absolute atomic E-state index is 12.4.